The standard InChI is InChI=1S/C24H33N7O/c32-22-4-2-1-3-19(22)20-15-21-24(28-27-20)26-23-16-30(13-14-31(21)23)18-7-11-29(12-8-18)17-5-9-25-10-6-17/h1-4,15,17-18,23,25,32H,5-14,16H2,(H,26,28). The molecule has 1 aromatic heterocycles. The number of phenols is 1. The van der Waals surface area contributed by atoms with E-state index < -0.39 is 0 Å². The van der Waals surface area contributed by atoms with Gasteiger partial charge in [-0.25, -0.2) is 0 Å². The predicted octanol–water partition coefficient (Wildman–Crippen LogP) is 1.94. The number of benzene rings is 1. The Labute approximate surface area is 189 Å². The molecule has 4 aliphatic heterocycles. The van der Waals surface area contributed by atoms with E-state index in [2.05, 4.69) is 41.6 Å². The molecule has 4 aliphatic rings. The fraction of sp³-hybridized carbons (Fsp3) is 0.583. The first kappa shape index (κ1) is 20.2. The fourth-order valence-corrected chi connectivity index (χ4v) is 6.02. The molecule has 3 N–H and O–H groups in total. The average Bonchev–Trinajstić information content (AvgIpc) is 3.22. The SMILES string of the molecule is Oc1ccccc1-c1cc2c(nn1)NC1CN(C3CCN(C4CCNCC4)CC3)CCN21. The van der Waals surface area contributed by atoms with Gasteiger partial charge in [0.25, 0.3) is 0 Å². The molecule has 6 rings (SSSR count). The van der Waals surface area contributed by atoms with E-state index in [1.807, 2.05) is 18.2 Å². The fourth-order valence-electron chi connectivity index (χ4n) is 6.02. The number of rotatable bonds is 3. The Morgan fingerprint density at radius 1 is 0.875 bits per heavy atom. The van der Waals surface area contributed by atoms with Gasteiger partial charge in [0.15, 0.2) is 5.82 Å². The monoisotopic (exact) mass is 435 g/mol. The minimum absolute atomic E-state index is 0.241. The average molecular weight is 436 g/mol. The van der Waals surface area contributed by atoms with Gasteiger partial charge in [-0.2, -0.15) is 0 Å². The summed E-state index contributed by atoms with van der Waals surface area (Å²) in [5, 5.41) is 26.1. The summed E-state index contributed by atoms with van der Waals surface area (Å²) in [6.45, 7) is 7.92. The van der Waals surface area contributed by atoms with Gasteiger partial charge in [0.05, 0.1) is 11.4 Å². The van der Waals surface area contributed by atoms with Crippen molar-refractivity contribution in [3.63, 3.8) is 0 Å². The zero-order valence-corrected chi connectivity index (χ0v) is 18.6. The minimum atomic E-state index is 0.241. The van der Waals surface area contributed by atoms with Gasteiger partial charge in [0.2, 0.25) is 0 Å². The number of nitrogens with zero attached hydrogens (tertiary/aromatic N) is 5. The maximum absolute atomic E-state index is 10.2. The molecule has 170 valence electrons. The van der Waals surface area contributed by atoms with Gasteiger partial charge < -0.3 is 25.5 Å². The normalized spacial score (nSPS) is 25.4. The van der Waals surface area contributed by atoms with Crippen molar-refractivity contribution in [3.8, 4) is 17.0 Å². The molecule has 3 saturated heterocycles. The summed E-state index contributed by atoms with van der Waals surface area (Å²) in [6.07, 6.45) is 5.41. The molecule has 2 aromatic rings. The largest absolute Gasteiger partial charge is 0.507 e. The predicted molar refractivity (Wildman–Crippen MR) is 126 cm³/mol. The van der Waals surface area contributed by atoms with E-state index >= 15 is 0 Å². The molecule has 0 amide bonds. The van der Waals surface area contributed by atoms with E-state index in [4.69, 9.17) is 0 Å². The van der Waals surface area contributed by atoms with Crippen molar-refractivity contribution in [2.45, 2.75) is 43.9 Å². The molecule has 1 aromatic carbocycles. The lowest BCUT2D eigenvalue weighted by Crippen LogP contribution is -2.58. The minimum Gasteiger partial charge on any atom is -0.507 e. The van der Waals surface area contributed by atoms with E-state index in [-0.39, 0.29) is 11.9 Å². The van der Waals surface area contributed by atoms with Crippen LogP contribution in [0.3, 0.4) is 0 Å². The topological polar surface area (TPSA) is 79.8 Å². The van der Waals surface area contributed by atoms with Gasteiger partial charge in [-0.1, -0.05) is 12.1 Å². The number of aromatic hydroxyl groups is 1. The number of para-hydroxylation sites is 1. The van der Waals surface area contributed by atoms with Crippen molar-refractivity contribution in [3.05, 3.63) is 30.3 Å². The summed E-state index contributed by atoms with van der Waals surface area (Å²) in [6, 6.07) is 10.9. The van der Waals surface area contributed by atoms with Crippen molar-refractivity contribution in [2.24, 2.45) is 0 Å². The molecule has 8 heteroatoms. The second kappa shape index (κ2) is 8.50. The van der Waals surface area contributed by atoms with Crippen LogP contribution in [0.1, 0.15) is 25.7 Å². The maximum atomic E-state index is 10.2. The lowest BCUT2D eigenvalue weighted by atomic mass is 9.97. The number of hydrogen-bond donors (Lipinski definition) is 3. The van der Waals surface area contributed by atoms with Gasteiger partial charge >= 0.3 is 0 Å². The lowest BCUT2D eigenvalue weighted by Gasteiger charge is -2.46. The first-order valence-corrected chi connectivity index (χ1v) is 12.1. The zero-order chi connectivity index (χ0) is 21.5. The highest BCUT2D eigenvalue weighted by Crippen LogP contribution is 2.38. The summed E-state index contributed by atoms with van der Waals surface area (Å²) in [7, 11) is 0. The van der Waals surface area contributed by atoms with E-state index in [1.165, 1.54) is 51.9 Å². The van der Waals surface area contributed by atoms with Crippen LogP contribution in [0.15, 0.2) is 30.3 Å². The molecule has 0 bridgehead atoms. The number of likely N-dealkylation sites (tertiary alicyclic amines) is 1. The van der Waals surface area contributed by atoms with E-state index in [9.17, 15) is 5.11 Å². The van der Waals surface area contributed by atoms with Gasteiger partial charge in [-0.15, -0.1) is 10.2 Å². The number of hydrogen-bond acceptors (Lipinski definition) is 8. The van der Waals surface area contributed by atoms with Crippen LogP contribution in [0.2, 0.25) is 0 Å². The molecular formula is C24H33N7O. The Morgan fingerprint density at radius 2 is 1.66 bits per heavy atom. The summed E-state index contributed by atoms with van der Waals surface area (Å²) < 4.78 is 0. The number of nitrogens with one attached hydrogen (secondary N) is 2. The molecule has 3 fully saturated rings. The zero-order valence-electron chi connectivity index (χ0n) is 18.6. The molecule has 5 heterocycles. The van der Waals surface area contributed by atoms with Crippen LogP contribution in [0.4, 0.5) is 11.5 Å². The van der Waals surface area contributed by atoms with Crippen molar-refractivity contribution < 1.29 is 5.11 Å². The summed E-state index contributed by atoms with van der Waals surface area (Å²) in [4.78, 5) is 7.86. The van der Waals surface area contributed by atoms with Crippen LogP contribution in [0, 0.1) is 0 Å². The summed E-state index contributed by atoms with van der Waals surface area (Å²) >= 11 is 0. The number of fused-ring (bicyclic) bond motifs is 3. The van der Waals surface area contributed by atoms with Gasteiger partial charge in [-0.05, 0) is 70.1 Å². The van der Waals surface area contributed by atoms with Crippen molar-refractivity contribution in [1.29, 1.82) is 0 Å². The number of piperazine rings is 1. The van der Waals surface area contributed by atoms with Gasteiger partial charge in [0.1, 0.15) is 11.9 Å². The molecule has 0 saturated carbocycles. The third-order valence-corrected chi connectivity index (χ3v) is 7.82. The molecule has 0 radical (unpaired) electrons. The van der Waals surface area contributed by atoms with Crippen LogP contribution in [0.25, 0.3) is 11.3 Å². The first-order chi connectivity index (χ1) is 15.8. The molecule has 32 heavy (non-hydrogen) atoms. The van der Waals surface area contributed by atoms with Crippen LogP contribution in [0.5, 0.6) is 5.75 Å². The van der Waals surface area contributed by atoms with Gasteiger partial charge in [-0.3, -0.25) is 4.90 Å². The Morgan fingerprint density at radius 3 is 2.47 bits per heavy atom. The second-order valence-corrected chi connectivity index (χ2v) is 9.58. The smallest absolute Gasteiger partial charge is 0.174 e. The number of phenolic OH excluding ortho intramolecular Hbond substituents is 1. The van der Waals surface area contributed by atoms with E-state index in [0.29, 0.717) is 6.04 Å². The van der Waals surface area contributed by atoms with E-state index in [0.717, 1.165) is 48.4 Å². The quantitative estimate of drug-likeness (QED) is 0.675. The summed E-state index contributed by atoms with van der Waals surface area (Å²) in [5.74, 6) is 1.10. The Kier molecular flexibility index (Phi) is 5.37. The number of aromatic nitrogens is 2. The van der Waals surface area contributed by atoms with Crippen LogP contribution < -0.4 is 15.5 Å². The Hall–Kier alpha value is -2.42. The highest BCUT2D eigenvalue weighted by Gasteiger charge is 2.38. The van der Waals surface area contributed by atoms with Crippen molar-refractivity contribution in [2.75, 3.05) is 56.0 Å². The molecule has 8 nitrogen and oxygen atoms in total. The highest BCUT2D eigenvalue weighted by atomic mass is 16.3. The van der Waals surface area contributed by atoms with Crippen molar-refractivity contribution in [1.82, 2.24) is 25.3 Å². The lowest BCUT2D eigenvalue weighted by molar-refractivity contribution is 0.0655. The molecule has 1 atom stereocenters. The maximum Gasteiger partial charge on any atom is 0.174 e. The first-order valence-electron chi connectivity index (χ1n) is 12.1. The molecular weight excluding hydrogens is 402 g/mol. The second-order valence-electron chi connectivity index (χ2n) is 9.58. The third-order valence-electron chi connectivity index (χ3n) is 7.82. The Bertz CT molecular complexity index is 955. The molecule has 0 spiro atoms. The van der Waals surface area contributed by atoms with Gasteiger partial charge in [0, 0.05) is 37.3 Å². The molecule has 1 unspecified atom stereocenters. The van der Waals surface area contributed by atoms with Crippen molar-refractivity contribution >= 4 is 11.5 Å². The highest BCUT2D eigenvalue weighted by molar-refractivity contribution is 5.78. The van der Waals surface area contributed by atoms with E-state index in [1.54, 1.807) is 6.07 Å². The van der Waals surface area contributed by atoms with Crippen LogP contribution >= 0.6 is 0 Å². The number of piperidine rings is 2. The third kappa shape index (κ3) is 3.70. The Balaban J connectivity index is 1.10. The van der Waals surface area contributed by atoms with Crippen LogP contribution in [-0.4, -0.2) is 89.2 Å². The summed E-state index contributed by atoms with van der Waals surface area (Å²) in [5.41, 5.74) is 2.55. The van der Waals surface area contributed by atoms with Crippen LogP contribution in [-0.2, 0) is 0 Å². The molecule has 0 aliphatic carbocycles. The number of anilines is 2.